The summed E-state index contributed by atoms with van der Waals surface area (Å²) < 4.78 is 6.36. The van der Waals surface area contributed by atoms with Gasteiger partial charge in [-0.05, 0) is 42.4 Å². The molecule has 0 aromatic heterocycles. The summed E-state index contributed by atoms with van der Waals surface area (Å²) in [4.78, 5) is 22.9. The lowest BCUT2D eigenvalue weighted by Crippen LogP contribution is -2.34. The average molecular weight is 468 g/mol. The number of thiocarbonyl (C=S) groups is 1. The van der Waals surface area contributed by atoms with Crippen LogP contribution in [0.2, 0.25) is 0 Å². The monoisotopic (exact) mass is 467 g/mol. The smallest absolute Gasteiger partial charge is 0.271 e. The van der Waals surface area contributed by atoms with Crippen molar-refractivity contribution >= 4 is 50.5 Å². The summed E-state index contributed by atoms with van der Waals surface area (Å²) in [5.41, 5.74) is 0.0400. The number of halogens is 1. The standard InChI is InChI=1S/C18H18BrN3O5S/c1-10(2)9-27-16-6-3-11(19)7-13(16)17(24)21-18(28)20-14-8-12(22(25)26)4-5-15(14)23/h3-8,10,23H,9H2,1-2H3,(H2,20,21,24,28). The quantitative estimate of drug-likeness (QED) is 0.252. The van der Waals surface area contributed by atoms with Crippen molar-refractivity contribution in [2.24, 2.45) is 5.92 Å². The van der Waals surface area contributed by atoms with E-state index >= 15 is 0 Å². The number of nitro benzene ring substituents is 1. The Morgan fingerprint density at radius 3 is 2.68 bits per heavy atom. The van der Waals surface area contributed by atoms with Crippen LogP contribution in [0.4, 0.5) is 11.4 Å². The van der Waals surface area contributed by atoms with Gasteiger partial charge in [-0.3, -0.25) is 20.2 Å². The summed E-state index contributed by atoms with van der Waals surface area (Å²) in [6.45, 7) is 4.42. The SMILES string of the molecule is CC(C)COc1ccc(Br)cc1C(=O)NC(=S)Nc1cc([N+](=O)[O-])ccc1O. The largest absolute Gasteiger partial charge is 0.506 e. The Bertz CT molecular complexity index is 920. The maximum absolute atomic E-state index is 12.6. The van der Waals surface area contributed by atoms with Crippen molar-refractivity contribution in [3.05, 3.63) is 56.5 Å². The maximum Gasteiger partial charge on any atom is 0.271 e. The van der Waals surface area contributed by atoms with E-state index in [0.717, 1.165) is 18.2 Å². The fourth-order valence-electron chi connectivity index (χ4n) is 2.12. The zero-order valence-electron chi connectivity index (χ0n) is 15.1. The number of hydrogen-bond acceptors (Lipinski definition) is 6. The molecular formula is C18H18BrN3O5S. The first-order valence-corrected chi connectivity index (χ1v) is 9.39. The number of rotatable bonds is 6. The van der Waals surface area contributed by atoms with Crippen molar-refractivity contribution in [1.29, 1.82) is 0 Å². The topological polar surface area (TPSA) is 114 Å². The van der Waals surface area contributed by atoms with Gasteiger partial charge in [0.15, 0.2) is 5.11 Å². The average Bonchev–Trinajstić information content (AvgIpc) is 2.62. The van der Waals surface area contributed by atoms with Gasteiger partial charge in [-0.1, -0.05) is 29.8 Å². The Balaban J connectivity index is 2.15. The van der Waals surface area contributed by atoms with Crippen molar-refractivity contribution in [2.45, 2.75) is 13.8 Å². The summed E-state index contributed by atoms with van der Waals surface area (Å²) in [6.07, 6.45) is 0. The van der Waals surface area contributed by atoms with Crippen molar-refractivity contribution < 1.29 is 19.6 Å². The summed E-state index contributed by atoms with van der Waals surface area (Å²) in [7, 11) is 0. The molecule has 1 amide bonds. The molecule has 3 N–H and O–H groups in total. The number of phenolic OH excluding ortho intramolecular Hbond substituents is 1. The number of carbonyl (C=O) groups excluding carboxylic acids is 1. The Morgan fingerprint density at radius 2 is 2.04 bits per heavy atom. The Kier molecular flexibility index (Phi) is 7.30. The Hall–Kier alpha value is -2.72. The van der Waals surface area contributed by atoms with Crippen LogP contribution in [-0.2, 0) is 0 Å². The highest BCUT2D eigenvalue weighted by atomic mass is 79.9. The van der Waals surface area contributed by atoms with Gasteiger partial charge in [-0.25, -0.2) is 0 Å². The molecule has 0 aliphatic carbocycles. The van der Waals surface area contributed by atoms with Crippen molar-refractivity contribution in [3.8, 4) is 11.5 Å². The van der Waals surface area contributed by atoms with Gasteiger partial charge in [-0.15, -0.1) is 0 Å². The minimum Gasteiger partial charge on any atom is -0.506 e. The summed E-state index contributed by atoms with van der Waals surface area (Å²) in [5, 5.41) is 25.6. The normalized spacial score (nSPS) is 10.4. The van der Waals surface area contributed by atoms with Crippen LogP contribution in [0.5, 0.6) is 11.5 Å². The zero-order valence-corrected chi connectivity index (χ0v) is 17.5. The lowest BCUT2D eigenvalue weighted by atomic mass is 10.2. The zero-order chi connectivity index (χ0) is 20.8. The number of non-ortho nitro benzene ring substituents is 1. The minimum absolute atomic E-state index is 0.00465. The Labute approximate surface area is 175 Å². The number of hydrogen-bond donors (Lipinski definition) is 3. The maximum atomic E-state index is 12.6. The Morgan fingerprint density at radius 1 is 1.32 bits per heavy atom. The lowest BCUT2D eigenvalue weighted by Gasteiger charge is -2.15. The third-order valence-corrected chi connectivity index (χ3v) is 4.12. The molecule has 148 valence electrons. The molecule has 0 bridgehead atoms. The molecular weight excluding hydrogens is 450 g/mol. The van der Waals surface area contributed by atoms with E-state index in [9.17, 15) is 20.0 Å². The van der Waals surface area contributed by atoms with E-state index in [0.29, 0.717) is 16.8 Å². The van der Waals surface area contributed by atoms with E-state index in [-0.39, 0.29) is 33.7 Å². The highest BCUT2D eigenvalue weighted by Crippen LogP contribution is 2.28. The summed E-state index contributed by atoms with van der Waals surface area (Å²) in [5.74, 6) is -0.0948. The predicted molar refractivity (Wildman–Crippen MR) is 113 cm³/mol. The first-order chi connectivity index (χ1) is 13.2. The summed E-state index contributed by atoms with van der Waals surface area (Å²) >= 11 is 8.40. The number of anilines is 1. The molecule has 0 radical (unpaired) electrons. The van der Waals surface area contributed by atoms with Gasteiger partial charge in [0.2, 0.25) is 0 Å². The fraction of sp³-hybridized carbons (Fsp3) is 0.222. The van der Waals surface area contributed by atoms with Crippen LogP contribution in [-0.4, -0.2) is 27.7 Å². The van der Waals surface area contributed by atoms with Crippen LogP contribution in [0.1, 0.15) is 24.2 Å². The molecule has 2 aromatic carbocycles. The lowest BCUT2D eigenvalue weighted by molar-refractivity contribution is -0.384. The second-order valence-corrected chi connectivity index (χ2v) is 7.54. The number of amides is 1. The van der Waals surface area contributed by atoms with E-state index in [1.165, 1.54) is 0 Å². The number of carbonyl (C=O) groups is 1. The van der Waals surface area contributed by atoms with E-state index < -0.39 is 10.8 Å². The molecule has 0 aliphatic rings. The molecule has 0 heterocycles. The van der Waals surface area contributed by atoms with Gasteiger partial charge in [0, 0.05) is 16.6 Å². The van der Waals surface area contributed by atoms with Crippen LogP contribution in [0.3, 0.4) is 0 Å². The van der Waals surface area contributed by atoms with Crippen LogP contribution in [0.25, 0.3) is 0 Å². The highest BCUT2D eigenvalue weighted by Gasteiger charge is 2.17. The molecule has 2 aromatic rings. The number of nitrogens with zero attached hydrogens (tertiary/aromatic N) is 1. The van der Waals surface area contributed by atoms with Gasteiger partial charge >= 0.3 is 0 Å². The second kappa shape index (κ2) is 9.47. The molecule has 0 fully saturated rings. The number of nitrogens with one attached hydrogen (secondary N) is 2. The first-order valence-electron chi connectivity index (χ1n) is 8.19. The molecule has 10 heteroatoms. The summed E-state index contributed by atoms with van der Waals surface area (Å²) in [6, 6.07) is 8.45. The van der Waals surface area contributed by atoms with E-state index in [4.69, 9.17) is 17.0 Å². The van der Waals surface area contributed by atoms with Gasteiger partial charge in [0.05, 0.1) is 22.8 Å². The number of nitro groups is 1. The predicted octanol–water partition coefficient (Wildman–Crippen LogP) is 4.22. The van der Waals surface area contributed by atoms with Gasteiger partial charge in [0.1, 0.15) is 11.5 Å². The van der Waals surface area contributed by atoms with Gasteiger partial charge in [0.25, 0.3) is 11.6 Å². The van der Waals surface area contributed by atoms with Crippen LogP contribution in [0.15, 0.2) is 40.9 Å². The van der Waals surface area contributed by atoms with Crippen molar-refractivity contribution in [3.63, 3.8) is 0 Å². The molecule has 0 spiro atoms. The van der Waals surface area contributed by atoms with Crippen LogP contribution < -0.4 is 15.4 Å². The molecule has 8 nitrogen and oxygen atoms in total. The van der Waals surface area contributed by atoms with Crippen molar-refractivity contribution in [2.75, 3.05) is 11.9 Å². The molecule has 2 rings (SSSR count). The number of ether oxygens (including phenoxy) is 1. The highest BCUT2D eigenvalue weighted by molar-refractivity contribution is 9.10. The molecule has 28 heavy (non-hydrogen) atoms. The van der Waals surface area contributed by atoms with E-state index in [1.807, 2.05) is 13.8 Å². The number of phenols is 1. The number of aromatic hydroxyl groups is 1. The van der Waals surface area contributed by atoms with Gasteiger partial charge < -0.3 is 15.2 Å². The molecule has 0 atom stereocenters. The fourth-order valence-corrected chi connectivity index (χ4v) is 2.69. The van der Waals surface area contributed by atoms with Crippen LogP contribution >= 0.6 is 28.1 Å². The minimum atomic E-state index is -0.605. The van der Waals surface area contributed by atoms with E-state index in [1.54, 1.807) is 18.2 Å². The molecule has 0 saturated heterocycles. The molecule has 0 aliphatic heterocycles. The van der Waals surface area contributed by atoms with Gasteiger partial charge in [-0.2, -0.15) is 0 Å². The first kappa shape index (κ1) is 21.6. The number of benzene rings is 2. The second-order valence-electron chi connectivity index (χ2n) is 6.21. The van der Waals surface area contributed by atoms with E-state index in [2.05, 4.69) is 26.6 Å². The molecule has 0 unspecified atom stereocenters. The molecule has 0 saturated carbocycles. The van der Waals surface area contributed by atoms with Crippen molar-refractivity contribution in [1.82, 2.24) is 5.32 Å². The third-order valence-electron chi connectivity index (χ3n) is 3.42. The third kappa shape index (κ3) is 5.89. The van der Waals surface area contributed by atoms with Crippen LogP contribution in [0, 0.1) is 16.0 Å².